The van der Waals surface area contributed by atoms with E-state index in [4.69, 9.17) is 0 Å². The number of hydrogen-bond acceptors (Lipinski definition) is 6. The van der Waals surface area contributed by atoms with Gasteiger partial charge in [-0.25, -0.2) is 0 Å². The Morgan fingerprint density at radius 2 is 2.25 bits per heavy atom. The van der Waals surface area contributed by atoms with Gasteiger partial charge in [-0.2, -0.15) is 4.52 Å². The van der Waals surface area contributed by atoms with Crippen molar-refractivity contribution >= 4 is 17.2 Å². The summed E-state index contributed by atoms with van der Waals surface area (Å²) in [6, 6.07) is 0. The number of nitrogens with zero attached hydrogens (tertiary/aromatic N) is 6. The van der Waals surface area contributed by atoms with E-state index in [1.54, 1.807) is 16.9 Å². The fourth-order valence-electron chi connectivity index (χ4n) is 1.91. The molecule has 1 fully saturated rings. The number of hydrogen-bond donors (Lipinski definition) is 0. The molecule has 0 bridgehead atoms. The predicted octanol–water partition coefficient (Wildman–Crippen LogP) is -0.311. The minimum Gasteiger partial charge on any atom is -0.348 e. The van der Waals surface area contributed by atoms with Gasteiger partial charge < -0.3 is 4.90 Å². The van der Waals surface area contributed by atoms with Gasteiger partial charge in [0.25, 0.3) is 0 Å². The number of anilines is 1. The summed E-state index contributed by atoms with van der Waals surface area (Å²) in [6.45, 7) is 1.26. The van der Waals surface area contributed by atoms with Crippen molar-refractivity contribution in [3.63, 3.8) is 0 Å². The van der Waals surface area contributed by atoms with Crippen molar-refractivity contribution in [3.05, 3.63) is 12.4 Å². The second-order valence-electron chi connectivity index (χ2n) is 3.78. The van der Waals surface area contributed by atoms with Crippen molar-refractivity contribution in [1.82, 2.24) is 25.0 Å². The minimum absolute atomic E-state index is 0.247. The third kappa shape index (κ3) is 1.40. The fraction of sp³-hybridized carbons (Fsp3) is 0.444. The molecule has 3 heterocycles. The lowest BCUT2D eigenvalue weighted by molar-refractivity contribution is -0.118. The highest BCUT2D eigenvalue weighted by Gasteiger charge is 2.19. The Balaban J connectivity index is 2.04. The Labute approximate surface area is 91.1 Å². The van der Waals surface area contributed by atoms with E-state index < -0.39 is 0 Å². The molecule has 0 saturated carbocycles. The molecule has 3 rings (SSSR count). The van der Waals surface area contributed by atoms with E-state index in [9.17, 15) is 4.79 Å². The third-order valence-corrected chi connectivity index (χ3v) is 2.67. The van der Waals surface area contributed by atoms with Crippen molar-refractivity contribution in [2.75, 3.05) is 18.0 Å². The molecule has 0 radical (unpaired) electrons. The van der Waals surface area contributed by atoms with Crippen molar-refractivity contribution in [3.8, 4) is 0 Å². The molecule has 0 spiro atoms. The zero-order valence-corrected chi connectivity index (χ0v) is 8.57. The van der Waals surface area contributed by atoms with Gasteiger partial charge in [-0.3, -0.25) is 9.78 Å². The van der Waals surface area contributed by atoms with Crippen LogP contribution in [0.5, 0.6) is 0 Å². The van der Waals surface area contributed by atoms with E-state index in [0.717, 1.165) is 18.8 Å². The second kappa shape index (κ2) is 3.51. The zero-order valence-electron chi connectivity index (χ0n) is 8.57. The van der Waals surface area contributed by atoms with E-state index in [1.165, 1.54) is 0 Å². The van der Waals surface area contributed by atoms with Gasteiger partial charge in [-0.15, -0.1) is 5.10 Å². The Kier molecular flexibility index (Phi) is 2.02. The Morgan fingerprint density at radius 1 is 1.31 bits per heavy atom. The van der Waals surface area contributed by atoms with Crippen LogP contribution in [-0.2, 0) is 4.79 Å². The van der Waals surface area contributed by atoms with Gasteiger partial charge in [0.15, 0.2) is 17.2 Å². The fourth-order valence-corrected chi connectivity index (χ4v) is 1.91. The summed E-state index contributed by atoms with van der Waals surface area (Å²) in [5.41, 5.74) is 0.593. The van der Waals surface area contributed by atoms with Crippen LogP contribution in [-0.4, -0.2) is 43.9 Å². The van der Waals surface area contributed by atoms with Crippen LogP contribution >= 0.6 is 0 Å². The van der Waals surface area contributed by atoms with Crippen LogP contribution in [0, 0.1) is 0 Å². The highest BCUT2D eigenvalue weighted by Crippen LogP contribution is 2.16. The molecular weight excluding hydrogens is 208 g/mol. The van der Waals surface area contributed by atoms with Gasteiger partial charge >= 0.3 is 0 Å². The first-order valence-electron chi connectivity index (χ1n) is 5.13. The topological polar surface area (TPSA) is 76.3 Å². The van der Waals surface area contributed by atoms with Crippen molar-refractivity contribution in [1.29, 1.82) is 0 Å². The van der Waals surface area contributed by atoms with Crippen molar-refractivity contribution in [2.45, 2.75) is 12.8 Å². The molecule has 0 aliphatic carbocycles. The number of fused-ring (bicyclic) bond motifs is 1. The Morgan fingerprint density at radius 3 is 3.12 bits per heavy atom. The van der Waals surface area contributed by atoms with Crippen molar-refractivity contribution < 1.29 is 4.79 Å². The number of Topliss-reactive ketones (excluding diaryl/α,β-unsaturated/α-hetero) is 1. The summed E-state index contributed by atoms with van der Waals surface area (Å²) < 4.78 is 1.60. The summed E-state index contributed by atoms with van der Waals surface area (Å²) in [6.07, 6.45) is 4.81. The largest absolute Gasteiger partial charge is 0.348 e. The smallest absolute Gasteiger partial charge is 0.199 e. The standard InChI is InChI=1S/C9H10N6O/c16-7-2-1-3-14(6-7)9-5-10-4-8-11-12-13-15(8)9/h4-5H,1-3,6H2. The maximum Gasteiger partial charge on any atom is 0.199 e. The molecule has 2 aromatic rings. The Hall–Kier alpha value is -2.05. The maximum absolute atomic E-state index is 11.4. The molecule has 7 heteroatoms. The van der Waals surface area contributed by atoms with Crippen LogP contribution < -0.4 is 4.90 Å². The van der Waals surface area contributed by atoms with Gasteiger partial charge in [0.05, 0.1) is 18.9 Å². The number of tetrazole rings is 1. The molecule has 0 unspecified atom stereocenters. The SMILES string of the molecule is O=C1CCCN(c2cncc3nnnn23)C1. The molecule has 1 aliphatic rings. The minimum atomic E-state index is 0.247. The number of aromatic nitrogens is 5. The first kappa shape index (κ1) is 9.20. The van der Waals surface area contributed by atoms with E-state index in [1.807, 2.05) is 4.90 Å². The highest BCUT2D eigenvalue weighted by atomic mass is 16.1. The van der Waals surface area contributed by atoms with Gasteiger partial charge in [0.2, 0.25) is 0 Å². The molecule has 2 aromatic heterocycles. The van der Waals surface area contributed by atoms with E-state index >= 15 is 0 Å². The number of carbonyl (C=O) groups is 1. The highest BCUT2D eigenvalue weighted by molar-refractivity contribution is 5.84. The van der Waals surface area contributed by atoms with Crippen LogP contribution in [0.15, 0.2) is 12.4 Å². The van der Waals surface area contributed by atoms with Crippen molar-refractivity contribution in [2.24, 2.45) is 0 Å². The monoisotopic (exact) mass is 218 g/mol. The molecule has 0 aromatic carbocycles. The first-order valence-corrected chi connectivity index (χ1v) is 5.13. The predicted molar refractivity (Wildman–Crippen MR) is 55.0 cm³/mol. The van der Waals surface area contributed by atoms with Crippen LogP contribution in [0.3, 0.4) is 0 Å². The van der Waals surface area contributed by atoms with Crippen LogP contribution in [0.1, 0.15) is 12.8 Å². The van der Waals surface area contributed by atoms with Gasteiger partial charge in [-0.05, 0) is 16.8 Å². The summed E-state index contributed by atoms with van der Waals surface area (Å²) in [5, 5.41) is 11.3. The van der Waals surface area contributed by atoms with Crippen LogP contribution in [0.4, 0.5) is 5.82 Å². The molecular formula is C9H10N6O. The van der Waals surface area contributed by atoms with E-state index in [0.29, 0.717) is 18.6 Å². The zero-order chi connectivity index (χ0) is 11.0. The lowest BCUT2D eigenvalue weighted by Gasteiger charge is -2.27. The number of ketones is 1. The summed E-state index contributed by atoms with van der Waals surface area (Å²) in [4.78, 5) is 17.4. The molecule has 16 heavy (non-hydrogen) atoms. The summed E-state index contributed by atoms with van der Waals surface area (Å²) >= 11 is 0. The lowest BCUT2D eigenvalue weighted by Crippen LogP contribution is -2.36. The third-order valence-electron chi connectivity index (χ3n) is 2.67. The Bertz CT molecular complexity index is 536. The second-order valence-corrected chi connectivity index (χ2v) is 3.78. The quantitative estimate of drug-likeness (QED) is 0.653. The number of carbonyl (C=O) groups excluding carboxylic acids is 1. The van der Waals surface area contributed by atoms with Crippen LogP contribution in [0.25, 0.3) is 5.65 Å². The molecule has 0 N–H and O–H groups in total. The van der Waals surface area contributed by atoms with Gasteiger partial charge in [0, 0.05) is 13.0 Å². The first-order chi connectivity index (χ1) is 7.84. The summed E-state index contributed by atoms with van der Waals surface area (Å²) in [7, 11) is 0. The lowest BCUT2D eigenvalue weighted by atomic mass is 10.1. The van der Waals surface area contributed by atoms with Gasteiger partial charge in [-0.1, -0.05) is 0 Å². The summed E-state index contributed by atoms with van der Waals surface area (Å²) in [5.74, 6) is 1.02. The van der Waals surface area contributed by atoms with E-state index in [-0.39, 0.29) is 5.78 Å². The number of rotatable bonds is 1. The maximum atomic E-state index is 11.4. The molecule has 0 atom stereocenters. The van der Waals surface area contributed by atoms with Gasteiger partial charge in [0.1, 0.15) is 0 Å². The normalized spacial score (nSPS) is 17.0. The molecule has 7 nitrogen and oxygen atoms in total. The molecule has 0 amide bonds. The molecule has 1 saturated heterocycles. The van der Waals surface area contributed by atoms with E-state index in [2.05, 4.69) is 20.5 Å². The average molecular weight is 218 g/mol. The molecule has 82 valence electrons. The number of piperidine rings is 1. The average Bonchev–Trinajstić information content (AvgIpc) is 2.76. The van der Waals surface area contributed by atoms with Crippen LogP contribution in [0.2, 0.25) is 0 Å². The molecule has 1 aliphatic heterocycles.